The van der Waals surface area contributed by atoms with Crippen molar-refractivity contribution in [2.24, 2.45) is 5.73 Å². The average molecular weight is 236 g/mol. The summed E-state index contributed by atoms with van der Waals surface area (Å²) in [4.78, 5) is 11.4. The van der Waals surface area contributed by atoms with Crippen LogP contribution >= 0.6 is 23.2 Å². The Kier molecular flexibility index (Phi) is 3.86. The van der Waals surface area contributed by atoms with Gasteiger partial charge in [0.1, 0.15) is 5.82 Å². The van der Waals surface area contributed by atoms with E-state index in [4.69, 9.17) is 28.9 Å². The zero-order valence-corrected chi connectivity index (χ0v) is 8.70. The molecule has 0 fully saturated rings. The van der Waals surface area contributed by atoms with Gasteiger partial charge in [-0.05, 0) is 18.7 Å². The average Bonchev–Trinajstić information content (AvgIpc) is 2.11. The number of nitrogens with two attached hydrogens (primary N) is 1. The standard InChI is InChI=1S/C9H8Cl2FNO/c10-6-4-7(11)8(12)3-5(6)9(14)1-2-13/h3-4H,1-2,13H2. The summed E-state index contributed by atoms with van der Waals surface area (Å²) in [6, 6.07) is 2.24. The van der Waals surface area contributed by atoms with Crippen LogP contribution < -0.4 is 5.73 Å². The van der Waals surface area contributed by atoms with E-state index in [-0.39, 0.29) is 34.4 Å². The number of Topliss-reactive ketones (excluding diaryl/α,β-unsaturated/α-hetero) is 1. The monoisotopic (exact) mass is 235 g/mol. The van der Waals surface area contributed by atoms with Crippen molar-refractivity contribution < 1.29 is 9.18 Å². The van der Waals surface area contributed by atoms with E-state index in [0.717, 1.165) is 6.07 Å². The third-order valence-electron chi connectivity index (χ3n) is 1.68. The molecule has 14 heavy (non-hydrogen) atoms. The normalized spacial score (nSPS) is 10.3. The molecule has 0 amide bonds. The molecule has 0 saturated carbocycles. The Bertz CT molecular complexity index is 368. The first-order valence-electron chi connectivity index (χ1n) is 3.94. The molecule has 1 aromatic rings. The maximum absolute atomic E-state index is 13.0. The lowest BCUT2D eigenvalue weighted by Gasteiger charge is -2.03. The van der Waals surface area contributed by atoms with E-state index in [0.29, 0.717) is 0 Å². The molecule has 0 saturated heterocycles. The van der Waals surface area contributed by atoms with Gasteiger partial charge in [0, 0.05) is 12.0 Å². The van der Waals surface area contributed by atoms with E-state index < -0.39 is 5.82 Å². The number of hydrogen-bond donors (Lipinski definition) is 1. The largest absolute Gasteiger partial charge is 0.330 e. The number of ketones is 1. The van der Waals surface area contributed by atoms with E-state index in [1.165, 1.54) is 6.07 Å². The summed E-state index contributed by atoms with van der Waals surface area (Å²) in [6.45, 7) is 0.208. The van der Waals surface area contributed by atoms with Crippen LogP contribution in [0.4, 0.5) is 4.39 Å². The second-order valence-corrected chi connectivity index (χ2v) is 3.52. The Morgan fingerprint density at radius 2 is 2.00 bits per heavy atom. The van der Waals surface area contributed by atoms with Crippen LogP contribution in [0.3, 0.4) is 0 Å². The Hall–Kier alpha value is -0.640. The Balaban J connectivity index is 3.09. The van der Waals surface area contributed by atoms with E-state index in [1.54, 1.807) is 0 Å². The summed E-state index contributed by atoms with van der Waals surface area (Å²) < 4.78 is 13.0. The minimum Gasteiger partial charge on any atom is -0.330 e. The van der Waals surface area contributed by atoms with Crippen molar-refractivity contribution in [1.82, 2.24) is 0 Å². The van der Waals surface area contributed by atoms with Crippen molar-refractivity contribution in [1.29, 1.82) is 0 Å². The summed E-state index contributed by atoms with van der Waals surface area (Å²) in [5.41, 5.74) is 5.33. The van der Waals surface area contributed by atoms with Crippen LogP contribution in [0.15, 0.2) is 12.1 Å². The van der Waals surface area contributed by atoms with Gasteiger partial charge in [0.15, 0.2) is 5.78 Å². The van der Waals surface area contributed by atoms with Crippen LogP contribution in [-0.2, 0) is 0 Å². The molecule has 0 spiro atoms. The van der Waals surface area contributed by atoms with E-state index >= 15 is 0 Å². The van der Waals surface area contributed by atoms with Crippen molar-refractivity contribution in [3.63, 3.8) is 0 Å². The van der Waals surface area contributed by atoms with Crippen LogP contribution in [0.25, 0.3) is 0 Å². The number of hydrogen-bond acceptors (Lipinski definition) is 2. The molecule has 0 unspecified atom stereocenters. The van der Waals surface area contributed by atoms with Gasteiger partial charge in [0.25, 0.3) is 0 Å². The van der Waals surface area contributed by atoms with Crippen molar-refractivity contribution in [2.45, 2.75) is 6.42 Å². The summed E-state index contributed by atoms with van der Waals surface area (Å²) in [5, 5.41) is 0.0501. The zero-order chi connectivity index (χ0) is 10.7. The van der Waals surface area contributed by atoms with E-state index in [2.05, 4.69) is 0 Å². The number of halogens is 3. The molecule has 1 aromatic carbocycles. The molecule has 0 aliphatic rings. The van der Waals surface area contributed by atoms with Gasteiger partial charge >= 0.3 is 0 Å². The number of carbonyl (C=O) groups excluding carboxylic acids is 1. The van der Waals surface area contributed by atoms with Crippen LogP contribution in [-0.4, -0.2) is 12.3 Å². The minimum absolute atomic E-state index is 0.0979. The Labute approximate surface area is 90.8 Å². The maximum atomic E-state index is 13.0. The highest BCUT2D eigenvalue weighted by atomic mass is 35.5. The molecule has 0 aliphatic carbocycles. The molecular weight excluding hydrogens is 228 g/mol. The van der Waals surface area contributed by atoms with Crippen molar-refractivity contribution >= 4 is 29.0 Å². The molecule has 2 nitrogen and oxygen atoms in total. The highest BCUT2D eigenvalue weighted by Gasteiger charge is 2.13. The number of carbonyl (C=O) groups is 1. The SMILES string of the molecule is NCCC(=O)c1cc(F)c(Cl)cc1Cl. The van der Waals surface area contributed by atoms with Crippen LogP contribution in [0.1, 0.15) is 16.8 Å². The molecule has 0 heterocycles. The van der Waals surface area contributed by atoms with Gasteiger partial charge in [-0.3, -0.25) is 4.79 Å². The first-order chi connectivity index (χ1) is 6.56. The highest BCUT2D eigenvalue weighted by Crippen LogP contribution is 2.25. The molecule has 5 heteroatoms. The molecule has 0 aromatic heterocycles. The van der Waals surface area contributed by atoms with Crippen LogP contribution in [0.5, 0.6) is 0 Å². The van der Waals surface area contributed by atoms with Crippen LogP contribution in [0.2, 0.25) is 10.0 Å². The smallest absolute Gasteiger partial charge is 0.165 e. The molecule has 76 valence electrons. The first-order valence-corrected chi connectivity index (χ1v) is 4.69. The number of benzene rings is 1. The van der Waals surface area contributed by atoms with E-state index in [9.17, 15) is 9.18 Å². The fourth-order valence-corrected chi connectivity index (χ4v) is 1.49. The zero-order valence-electron chi connectivity index (χ0n) is 7.19. The van der Waals surface area contributed by atoms with Crippen molar-refractivity contribution in [2.75, 3.05) is 6.54 Å². The second kappa shape index (κ2) is 4.73. The van der Waals surface area contributed by atoms with Gasteiger partial charge in [0.2, 0.25) is 0 Å². The predicted octanol–water partition coefficient (Wildman–Crippen LogP) is 2.66. The third-order valence-corrected chi connectivity index (χ3v) is 2.28. The summed E-state index contributed by atoms with van der Waals surface area (Å²) in [5.74, 6) is -0.940. The van der Waals surface area contributed by atoms with Gasteiger partial charge in [-0.15, -0.1) is 0 Å². The maximum Gasteiger partial charge on any atom is 0.165 e. The topological polar surface area (TPSA) is 43.1 Å². The Morgan fingerprint density at radius 1 is 1.36 bits per heavy atom. The molecule has 1 rings (SSSR count). The van der Waals surface area contributed by atoms with Gasteiger partial charge in [-0.25, -0.2) is 4.39 Å². The molecule has 2 N–H and O–H groups in total. The van der Waals surface area contributed by atoms with Gasteiger partial charge in [0.05, 0.1) is 10.0 Å². The summed E-state index contributed by atoms with van der Waals surface area (Å²) in [6.07, 6.45) is 0.140. The summed E-state index contributed by atoms with van der Waals surface area (Å²) in [7, 11) is 0. The van der Waals surface area contributed by atoms with Gasteiger partial charge in [-0.1, -0.05) is 23.2 Å². The molecule has 0 bridgehead atoms. The second-order valence-electron chi connectivity index (χ2n) is 2.71. The Morgan fingerprint density at radius 3 is 2.57 bits per heavy atom. The molecule has 0 aliphatic heterocycles. The first kappa shape index (κ1) is 11.4. The quantitative estimate of drug-likeness (QED) is 0.647. The van der Waals surface area contributed by atoms with Gasteiger partial charge in [-0.2, -0.15) is 0 Å². The highest BCUT2D eigenvalue weighted by molar-refractivity contribution is 6.36. The summed E-state index contributed by atoms with van der Waals surface area (Å²) >= 11 is 11.2. The molecule has 0 radical (unpaired) electrons. The van der Waals surface area contributed by atoms with E-state index in [1.807, 2.05) is 0 Å². The van der Waals surface area contributed by atoms with Crippen molar-refractivity contribution in [3.8, 4) is 0 Å². The minimum atomic E-state index is -0.656. The molecule has 0 atom stereocenters. The third kappa shape index (κ3) is 2.44. The van der Waals surface area contributed by atoms with Gasteiger partial charge < -0.3 is 5.73 Å². The molecular formula is C9H8Cl2FNO. The fraction of sp³-hybridized carbons (Fsp3) is 0.222. The lowest BCUT2D eigenvalue weighted by atomic mass is 10.1. The lowest BCUT2D eigenvalue weighted by Crippen LogP contribution is -2.09. The van der Waals surface area contributed by atoms with Crippen molar-refractivity contribution in [3.05, 3.63) is 33.6 Å². The predicted molar refractivity (Wildman–Crippen MR) is 54.4 cm³/mol. The van der Waals surface area contributed by atoms with Crippen LogP contribution in [0, 0.1) is 5.82 Å². The number of rotatable bonds is 3. The fourth-order valence-electron chi connectivity index (χ4n) is 1.00. The lowest BCUT2D eigenvalue weighted by molar-refractivity contribution is 0.0985.